The number of anilines is 1. The Kier molecular flexibility index (Phi) is 6.99. The number of hydrogen-bond donors (Lipinski definition) is 5. The summed E-state index contributed by atoms with van der Waals surface area (Å²) in [5, 5.41) is 44.5. The van der Waals surface area contributed by atoms with E-state index in [9.17, 15) is 48.0 Å². The van der Waals surface area contributed by atoms with Crippen LogP contribution in [0.1, 0.15) is 49.3 Å². The molecule has 0 aromatic heterocycles. The normalized spacial score (nSPS) is 25.7. The second kappa shape index (κ2) is 9.58. The summed E-state index contributed by atoms with van der Waals surface area (Å²) in [5.41, 5.74) is 2.67. The van der Waals surface area contributed by atoms with Crippen LogP contribution >= 0.6 is 0 Å². The molecule has 1 unspecified atom stereocenters. The maximum Gasteiger partial charge on any atom is 0.389 e. The second-order valence-electron chi connectivity index (χ2n) is 11.0. The summed E-state index contributed by atoms with van der Waals surface area (Å²) < 4.78 is 38.4. The lowest BCUT2D eigenvalue weighted by Crippen LogP contribution is -2.58. The Morgan fingerprint density at radius 3 is 2.41 bits per heavy atom. The molecule has 0 bridgehead atoms. The van der Waals surface area contributed by atoms with Gasteiger partial charge in [-0.2, -0.15) is 13.2 Å². The number of aryl methyl sites for hydroxylation is 1. The van der Waals surface area contributed by atoms with E-state index in [-0.39, 0.29) is 42.4 Å². The zero-order valence-corrected chi connectivity index (χ0v) is 21.7. The molecule has 0 aliphatic heterocycles. The topological polar surface area (TPSA) is 161 Å². The highest BCUT2D eigenvalue weighted by Crippen LogP contribution is 2.53. The smallest absolute Gasteiger partial charge is 0.389 e. The summed E-state index contributed by atoms with van der Waals surface area (Å²) in [5.74, 6) is -7.87. The van der Waals surface area contributed by atoms with Crippen molar-refractivity contribution in [3.8, 4) is 5.75 Å². The lowest BCUT2D eigenvalue weighted by Gasteiger charge is -2.46. The Balaban J connectivity index is 1.83. The van der Waals surface area contributed by atoms with Crippen molar-refractivity contribution in [3.05, 3.63) is 39.7 Å². The third kappa shape index (κ3) is 4.64. The zero-order valence-electron chi connectivity index (χ0n) is 21.7. The number of benzene rings is 1. The van der Waals surface area contributed by atoms with Gasteiger partial charge in [0.25, 0.3) is 5.91 Å². The number of rotatable bonds is 6. The first kappa shape index (κ1) is 28.5. The average molecular weight is 553 g/mol. The van der Waals surface area contributed by atoms with Crippen LogP contribution in [-0.4, -0.2) is 63.8 Å². The van der Waals surface area contributed by atoms with E-state index in [1.165, 1.54) is 6.92 Å². The fraction of sp³-hybridized carbons (Fsp3) is 0.519. The standard InChI is InChI=1S/C27H31F3N2O7/c1-11(10-26(28,29)30)4-5-12-8-16(32(2)3)15-7-13-6-14-9-17(33)20(25(31)38)24(37)27(14,39)23(36)18(13)22(35)19(15)21(12)34/h8,11,13-14,34-35,37,39H,4-7,9-10H2,1-3H3,(H2,31,38)/t11?,13-,14+,27+/m1/s1. The van der Waals surface area contributed by atoms with Crippen LogP contribution in [-0.2, 0) is 27.2 Å². The van der Waals surface area contributed by atoms with Gasteiger partial charge in [-0.05, 0) is 54.7 Å². The van der Waals surface area contributed by atoms with Gasteiger partial charge in [-0.3, -0.25) is 14.4 Å². The highest BCUT2D eigenvalue weighted by molar-refractivity contribution is 6.22. The fourth-order valence-electron chi connectivity index (χ4n) is 6.21. The number of aliphatic hydroxyl groups is 3. The van der Waals surface area contributed by atoms with E-state index in [1.54, 1.807) is 25.1 Å². The SMILES string of the molecule is CC(CCc1cc(N(C)C)c2c(c1O)C(O)=C1C(=O)[C@]3(O)C(O)=C(C(N)=O)C(=O)C[C@@H]3C[C@@H]1C2)CC(F)(F)F. The molecular formula is C27H31F3N2O7. The fourth-order valence-corrected chi connectivity index (χ4v) is 6.21. The molecule has 3 aliphatic rings. The summed E-state index contributed by atoms with van der Waals surface area (Å²) >= 11 is 0. The monoisotopic (exact) mass is 552 g/mol. The van der Waals surface area contributed by atoms with Crippen molar-refractivity contribution in [2.45, 2.75) is 57.2 Å². The van der Waals surface area contributed by atoms with Gasteiger partial charge in [-0.1, -0.05) is 6.92 Å². The number of nitrogens with two attached hydrogens (primary N) is 1. The van der Waals surface area contributed by atoms with E-state index in [0.29, 0.717) is 11.3 Å². The Labute approximate surface area is 222 Å². The van der Waals surface area contributed by atoms with Crippen molar-refractivity contribution in [2.24, 2.45) is 23.5 Å². The number of Topliss-reactive ketones (excluding diaryl/α,β-unsaturated/α-hetero) is 2. The van der Waals surface area contributed by atoms with Crippen LogP contribution < -0.4 is 10.6 Å². The van der Waals surface area contributed by atoms with Crippen molar-refractivity contribution in [3.63, 3.8) is 0 Å². The van der Waals surface area contributed by atoms with E-state index in [0.717, 1.165) is 0 Å². The lowest BCUT2D eigenvalue weighted by molar-refractivity contribution is -0.147. The van der Waals surface area contributed by atoms with Crippen LogP contribution in [0.3, 0.4) is 0 Å². The summed E-state index contributed by atoms with van der Waals surface area (Å²) in [7, 11) is 3.44. The number of carbonyl (C=O) groups is 3. The van der Waals surface area contributed by atoms with E-state index in [1.807, 2.05) is 0 Å². The van der Waals surface area contributed by atoms with Crippen LogP contribution in [0.25, 0.3) is 5.76 Å². The first-order chi connectivity index (χ1) is 18.0. The van der Waals surface area contributed by atoms with Crippen LogP contribution in [0.2, 0.25) is 0 Å². The molecule has 0 saturated heterocycles. The van der Waals surface area contributed by atoms with Crippen LogP contribution in [0.15, 0.2) is 23.0 Å². The number of aliphatic hydroxyl groups excluding tert-OH is 2. The van der Waals surface area contributed by atoms with E-state index >= 15 is 0 Å². The first-order valence-electron chi connectivity index (χ1n) is 12.6. The molecule has 212 valence electrons. The number of fused-ring (bicyclic) bond motifs is 3. The Morgan fingerprint density at radius 1 is 1.21 bits per heavy atom. The Bertz CT molecular complexity index is 1330. The largest absolute Gasteiger partial charge is 0.508 e. The number of carbonyl (C=O) groups excluding carboxylic acids is 3. The van der Waals surface area contributed by atoms with Crippen LogP contribution in [0, 0.1) is 17.8 Å². The molecule has 4 rings (SSSR count). The molecule has 1 saturated carbocycles. The quantitative estimate of drug-likeness (QED) is 0.337. The number of alkyl halides is 3. The first-order valence-corrected chi connectivity index (χ1v) is 12.6. The number of primary amides is 1. The summed E-state index contributed by atoms with van der Waals surface area (Å²) in [6, 6.07) is 1.64. The molecule has 12 heteroatoms. The van der Waals surface area contributed by atoms with Crippen molar-refractivity contribution in [1.82, 2.24) is 0 Å². The molecule has 3 aliphatic carbocycles. The molecule has 0 spiro atoms. The third-order valence-electron chi connectivity index (χ3n) is 8.09. The van der Waals surface area contributed by atoms with Crippen molar-refractivity contribution >= 4 is 28.9 Å². The van der Waals surface area contributed by atoms with Gasteiger partial charge < -0.3 is 31.1 Å². The molecule has 1 fully saturated rings. The van der Waals surface area contributed by atoms with Gasteiger partial charge in [0.15, 0.2) is 11.4 Å². The molecule has 0 heterocycles. The lowest BCUT2D eigenvalue weighted by atomic mass is 9.59. The highest BCUT2D eigenvalue weighted by atomic mass is 19.4. The number of phenolic OH excluding ortho intramolecular Hbond substituents is 1. The molecule has 39 heavy (non-hydrogen) atoms. The predicted octanol–water partition coefficient (Wildman–Crippen LogP) is 3.01. The van der Waals surface area contributed by atoms with Crippen molar-refractivity contribution < 1.29 is 48.0 Å². The van der Waals surface area contributed by atoms with Gasteiger partial charge in [0.2, 0.25) is 5.78 Å². The molecule has 1 aromatic carbocycles. The van der Waals surface area contributed by atoms with Crippen LogP contribution in [0.4, 0.5) is 18.9 Å². The summed E-state index contributed by atoms with van der Waals surface area (Å²) in [6.45, 7) is 1.45. The van der Waals surface area contributed by atoms with Gasteiger partial charge in [0.05, 0.1) is 5.56 Å². The van der Waals surface area contributed by atoms with Gasteiger partial charge in [0, 0.05) is 44.1 Å². The van der Waals surface area contributed by atoms with Crippen molar-refractivity contribution in [1.29, 1.82) is 0 Å². The second-order valence-corrected chi connectivity index (χ2v) is 11.0. The number of aromatic hydroxyl groups is 1. The molecule has 1 amide bonds. The maximum absolute atomic E-state index is 13.7. The molecule has 4 atom stereocenters. The number of phenols is 1. The van der Waals surface area contributed by atoms with Crippen LogP contribution in [0.5, 0.6) is 5.75 Å². The number of amides is 1. The van der Waals surface area contributed by atoms with E-state index < -0.39 is 82.7 Å². The Hall–Kier alpha value is -3.54. The molecule has 6 N–H and O–H groups in total. The third-order valence-corrected chi connectivity index (χ3v) is 8.09. The van der Waals surface area contributed by atoms with Gasteiger partial charge >= 0.3 is 6.18 Å². The predicted molar refractivity (Wildman–Crippen MR) is 134 cm³/mol. The highest BCUT2D eigenvalue weighted by Gasteiger charge is 2.60. The van der Waals surface area contributed by atoms with Gasteiger partial charge in [0.1, 0.15) is 22.8 Å². The maximum atomic E-state index is 13.7. The summed E-state index contributed by atoms with van der Waals surface area (Å²) in [4.78, 5) is 39.6. The minimum absolute atomic E-state index is 0.00720. The van der Waals surface area contributed by atoms with Gasteiger partial charge in [-0.25, -0.2) is 0 Å². The minimum Gasteiger partial charge on any atom is -0.508 e. The van der Waals surface area contributed by atoms with Crippen molar-refractivity contribution in [2.75, 3.05) is 19.0 Å². The van der Waals surface area contributed by atoms with Gasteiger partial charge in [-0.15, -0.1) is 0 Å². The molecule has 1 aromatic rings. The molecule has 0 radical (unpaired) electrons. The number of halogens is 3. The molecule has 9 nitrogen and oxygen atoms in total. The average Bonchev–Trinajstić information content (AvgIpc) is 2.79. The number of nitrogens with zero attached hydrogens (tertiary/aromatic N) is 1. The Morgan fingerprint density at radius 2 is 1.85 bits per heavy atom. The summed E-state index contributed by atoms with van der Waals surface area (Å²) in [6.07, 6.45) is -5.42. The van der Waals surface area contributed by atoms with E-state index in [4.69, 9.17) is 5.73 Å². The molecular weight excluding hydrogens is 521 g/mol. The van der Waals surface area contributed by atoms with E-state index in [2.05, 4.69) is 0 Å². The minimum atomic E-state index is -4.33. The number of ketones is 2. The zero-order chi connectivity index (χ0) is 29.2. The number of hydrogen-bond acceptors (Lipinski definition) is 8.